The molecule has 3 aromatic carbocycles. The molecule has 0 bridgehead atoms. The number of benzene rings is 3. The Kier molecular flexibility index (Phi) is 7.22. The molecule has 0 aliphatic heterocycles. The van der Waals surface area contributed by atoms with Crippen LogP contribution in [0.5, 0.6) is 11.5 Å². The van der Waals surface area contributed by atoms with Crippen LogP contribution in [0.3, 0.4) is 0 Å². The molecule has 7 nitrogen and oxygen atoms in total. The van der Waals surface area contributed by atoms with Crippen LogP contribution in [0.4, 0.5) is 0 Å². The summed E-state index contributed by atoms with van der Waals surface area (Å²) in [6.45, 7) is 2.22. The maximum atomic E-state index is 11.5. The molecule has 0 spiro atoms. The number of aromatic nitrogens is 1. The Labute approximate surface area is 247 Å². The van der Waals surface area contributed by atoms with Crippen LogP contribution < -0.4 is 9.47 Å². The summed E-state index contributed by atoms with van der Waals surface area (Å²) in [6, 6.07) is 15.8. The van der Waals surface area contributed by atoms with Crippen LogP contribution >= 0.6 is 23.2 Å². The summed E-state index contributed by atoms with van der Waals surface area (Å²) in [5.74, 6) is 1.24. The third kappa shape index (κ3) is 5.18. The number of methoxy groups -OCH3 is 1. The maximum absolute atomic E-state index is 11.5. The number of carboxylic acid groups (broad SMARTS) is 1. The smallest absolute Gasteiger partial charge is 0.335 e. The van der Waals surface area contributed by atoms with E-state index in [2.05, 4.69) is 5.16 Å². The average molecular weight is 594 g/mol. The number of ether oxygens (including phenoxy) is 2. The van der Waals surface area contributed by atoms with Crippen molar-refractivity contribution in [3.8, 4) is 22.8 Å². The van der Waals surface area contributed by atoms with Crippen molar-refractivity contribution in [3.05, 3.63) is 98.2 Å². The summed E-state index contributed by atoms with van der Waals surface area (Å²) < 4.78 is 17.4. The SMILES string of the molecule is COc1ccc(C(=O)O)cc1[C@H]1C[C@@](O)(c2ccc(OCc3c(-c4c(C)cccc4Cl)noc3C3CC3)cc2Cl)C1. The van der Waals surface area contributed by atoms with Gasteiger partial charge in [0.1, 0.15) is 29.6 Å². The lowest BCUT2D eigenvalue weighted by molar-refractivity contribution is -0.0553. The normalized spacial score (nSPS) is 20.0. The first-order chi connectivity index (χ1) is 19.7. The summed E-state index contributed by atoms with van der Waals surface area (Å²) in [5.41, 5.74) is 3.81. The number of aryl methyl sites for hydroxylation is 1. The van der Waals surface area contributed by atoms with Crippen molar-refractivity contribution >= 4 is 29.2 Å². The van der Waals surface area contributed by atoms with Gasteiger partial charge in [-0.15, -0.1) is 0 Å². The van der Waals surface area contributed by atoms with Crippen LogP contribution in [0, 0.1) is 6.92 Å². The van der Waals surface area contributed by atoms with Crippen LogP contribution in [0.2, 0.25) is 10.0 Å². The number of rotatable bonds is 9. The van der Waals surface area contributed by atoms with Crippen molar-refractivity contribution in [1.29, 1.82) is 0 Å². The zero-order valence-electron chi connectivity index (χ0n) is 22.6. The zero-order chi connectivity index (χ0) is 28.9. The topological polar surface area (TPSA) is 102 Å². The van der Waals surface area contributed by atoms with Gasteiger partial charge in [-0.3, -0.25) is 0 Å². The van der Waals surface area contributed by atoms with E-state index in [0.29, 0.717) is 51.6 Å². The zero-order valence-corrected chi connectivity index (χ0v) is 24.1. The molecule has 0 atom stereocenters. The predicted octanol–water partition coefficient (Wildman–Crippen LogP) is 7.89. The van der Waals surface area contributed by atoms with Gasteiger partial charge in [-0.1, -0.05) is 46.6 Å². The Morgan fingerprint density at radius 3 is 2.51 bits per heavy atom. The highest BCUT2D eigenvalue weighted by Gasteiger charge is 2.46. The lowest BCUT2D eigenvalue weighted by Gasteiger charge is -2.45. The average Bonchev–Trinajstić information content (AvgIpc) is 3.69. The van der Waals surface area contributed by atoms with E-state index >= 15 is 0 Å². The summed E-state index contributed by atoms with van der Waals surface area (Å²) in [5, 5.41) is 26.2. The highest BCUT2D eigenvalue weighted by molar-refractivity contribution is 6.33. The molecule has 2 fully saturated rings. The number of hydrogen-bond donors (Lipinski definition) is 2. The Morgan fingerprint density at radius 2 is 1.85 bits per heavy atom. The maximum Gasteiger partial charge on any atom is 0.335 e. The molecular weight excluding hydrogens is 565 g/mol. The number of aromatic carboxylic acids is 1. The largest absolute Gasteiger partial charge is 0.496 e. The molecule has 212 valence electrons. The third-order valence-electron chi connectivity index (χ3n) is 8.14. The molecule has 2 saturated carbocycles. The molecule has 0 amide bonds. The summed E-state index contributed by atoms with van der Waals surface area (Å²) in [7, 11) is 1.55. The molecule has 4 aromatic rings. The third-order valence-corrected chi connectivity index (χ3v) is 8.76. The van der Waals surface area contributed by atoms with Crippen molar-refractivity contribution in [1.82, 2.24) is 5.16 Å². The number of aliphatic hydroxyl groups is 1. The lowest BCUT2D eigenvalue weighted by atomic mass is 9.64. The summed E-state index contributed by atoms with van der Waals surface area (Å²) >= 11 is 13.2. The molecule has 0 unspecified atom stereocenters. The van der Waals surface area contributed by atoms with Crippen molar-refractivity contribution in [2.24, 2.45) is 0 Å². The lowest BCUT2D eigenvalue weighted by Crippen LogP contribution is -2.40. The summed E-state index contributed by atoms with van der Waals surface area (Å²) in [4.78, 5) is 11.5. The number of halogens is 2. The second-order valence-corrected chi connectivity index (χ2v) is 11.7. The van der Waals surface area contributed by atoms with E-state index in [1.807, 2.05) is 25.1 Å². The highest BCUT2D eigenvalue weighted by atomic mass is 35.5. The van der Waals surface area contributed by atoms with Crippen molar-refractivity contribution in [2.45, 2.75) is 56.7 Å². The Bertz CT molecular complexity index is 1620. The molecule has 1 aromatic heterocycles. The molecule has 9 heteroatoms. The van der Waals surface area contributed by atoms with E-state index in [1.165, 1.54) is 6.07 Å². The molecule has 0 saturated heterocycles. The van der Waals surface area contributed by atoms with E-state index in [0.717, 1.165) is 40.9 Å². The summed E-state index contributed by atoms with van der Waals surface area (Å²) in [6.07, 6.45) is 2.88. The van der Waals surface area contributed by atoms with Gasteiger partial charge >= 0.3 is 5.97 Å². The fraction of sp³-hybridized carbons (Fsp3) is 0.312. The minimum atomic E-state index is -1.15. The van der Waals surface area contributed by atoms with E-state index in [4.69, 9.17) is 37.2 Å². The van der Waals surface area contributed by atoms with Gasteiger partial charge in [-0.2, -0.15) is 0 Å². The van der Waals surface area contributed by atoms with E-state index < -0.39 is 11.6 Å². The number of carbonyl (C=O) groups is 1. The van der Waals surface area contributed by atoms with Gasteiger partial charge in [-0.05, 0) is 86.1 Å². The molecule has 2 N–H and O–H groups in total. The van der Waals surface area contributed by atoms with Crippen molar-refractivity contribution < 1.29 is 29.0 Å². The molecule has 1 heterocycles. The number of carboxylic acids is 1. The molecule has 2 aliphatic rings. The first-order valence-electron chi connectivity index (χ1n) is 13.5. The van der Waals surface area contributed by atoms with Crippen molar-refractivity contribution in [3.63, 3.8) is 0 Å². The van der Waals surface area contributed by atoms with Crippen LogP contribution in [0.15, 0.2) is 59.1 Å². The van der Waals surface area contributed by atoms with E-state index in [9.17, 15) is 15.0 Å². The highest BCUT2D eigenvalue weighted by Crippen LogP contribution is 2.54. The fourth-order valence-electron chi connectivity index (χ4n) is 5.76. The van der Waals surface area contributed by atoms with Crippen LogP contribution in [0.1, 0.15) is 75.9 Å². The van der Waals surface area contributed by atoms with Crippen LogP contribution in [-0.4, -0.2) is 28.4 Å². The second kappa shape index (κ2) is 10.7. The standard InChI is InChI=1S/C32H29Cl2NO6/c1-17-4-3-5-25(33)28(17)29-23(30(41-35-29)18-6-7-18)16-40-21-9-10-24(26(34)13-21)32(38)14-20(15-32)22-12-19(31(36)37)8-11-27(22)39-2/h3-5,8-13,18,20,38H,6-7,14-16H2,1-2H3,(H,36,37)/t20-,32-. The van der Waals surface area contributed by atoms with E-state index in [1.54, 1.807) is 37.4 Å². The van der Waals surface area contributed by atoms with Crippen LogP contribution in [-0.2, 0) is 12.2 Å². The minimum Gasteiger partial charge on any atom is -0.496 e. The quantitative estimate of drug-likeness (QED) is 0.203. The Balaban J connectivity index is 1.20. The van der Waals surface area contributed by atoms with Crippen LogP contribution in [0.25, 0.3) is 11.3 Å². The monoisotopic (exact) mass is 593 g/mol. The van der Waals surface area contributed by atoms with E-state index in [-0.39, 0.29) is 18.1 Å². The second-order valence-electron chi connectivity index (χ2n) is 10.9. The number of hydrogen-bond acceptors (Lipinski definition) is 6. The van der Waals surface area contributed by atoms with Gasteiger partial charge in [0.25, 0.3) is 0 Å². The van der Waals surface area contributed by atoms with Gasteiger partial charge in [0.05, 0.1) is 33.9 Å². The van der Waals surface area contributed by atoms with Gasteiger partial charge in [0.2, 0.25) is 0 Å². The van der Waals surface area contributed by atoms with Gasteiger partial charge in [0, 0.05) is 17.0 Å². The molecule has 2 aliphatic carbocycles. The van der Waals surface area contributed by atoms with Gasteiger partial charge in [-0.25, -0.2) is 4.79 Å². The van der Waals surface area contributed by atoms with Crippen molar-refractivity contribution in [2.75, 3.05) is 7.11 Å². The molecule has 41 heavy (non-hydrogen) atoms. The molecule has 6 rings (SSSR count). The number of nitrogens with zero attached hydrogens (tertiary/aromatic N) is 1. The molecule has 0 radical (unpaired) electrons. The Hall–Kier alpha value is -3.52. The fourth-order valence-corrected chi connectivity index (χ4v) is 6.41. The van der Waals surface area contributed by atoms with Gasteiger partial charge < -0.3 is 24.2 Å². The van der Waals surface area contributed by atoms with Gasteiger partial charge in [0.15, 0.2) is 0 Å². The molecular formula is C32H29Cl2NO6. The first kappa shape index (κ1) is 27.6. The minimum absolute atomic E-state index is 0.0673. The first-order valence-corrected chi connectivity index (χ1v) is 14.2. The Morgan fingerprint density at radius 1 is 1.07 bits per heavy atom. The predicted molar refractivity (Wildman–Crippen MR) is 155 cm³/mol.